The number of nitrogens with one attached hydrogen (secondary N) is 1. The molecule has 0 aliphatic heterocycles. The van der Waals surface area contributed by atoms with Crippen molar-refractivity contribution in [3.8, 4) is 0 Å². The molecule has 1 aromatic heterocycles. The monoisotopic (exact) mass is 347 g/mol. The van der Waals surface area contributed by atoms with Crippen LogP contribution in [0.15, 0.2) is 47.6 Å². The Morgan fingerprint density at radius 3 is 2.70 bits per heavy atom. The lowest BCUT2D eigenvalue weighted by Gasteiger charge is -2.02. The highest BCUT2D eigenvalue weighted by molar-refractivity contribution is 6.38. The standard InChI is InChI=1S/C15H11Cl2N5O/c16-11-4-3-5-12(17)10(11)8-18-20-15(23)9-22-14-7-2-1-6-13(14)19-21-22/h1-8H,9H2,(H,20,23). The molecular formula is C15H11Cl2N5O. The smallest absolute Gasteiger partial charge is 0.261 e. The van der Waals surface area contributed by atoms with Gasteiger partial charge in [-0.3, -0.25) is 4.79 Å². The highest BCUT2D eigenvalue weighted by atomic mass is 35.5. The summed E-state index contributed by atoms with van der Waals surface area (Å²) in [5.41, 5.74) is 4.46. The van der Waals surface area contributed by atoms with Gasteiger partial charge < -0.3 is 0 Å². The van der Waals surface area contributed by atoms with Crippen molar-refractivity contribution in [1.29, 1.82) is 0 Å². The van der Waals surface area contributed by atoms with E-state index in [1.807, 2.05) is 24.3 Å². The van der Waals surface area contributed by atoms with Gasteiger partial charge in [-0.05, 0) is 24.3 Å². The molecule has 0 saturated carbocycles. The van der Waals surface area contributed by atoms with Crippen molar-refractivity contribution in [3.63, 3.8) is 0 Å². The molecular weight excluding hydrogens is 337 g/mol. The normalized spacial score (nSPS) is 11.2. The minimum absolute atomic E-state index is 0.00804. The van der Waals surface area contributed by atoms with E-state index in [1.165, 1.54) is 10.9 Å². The second-order valence-electron chi connectivity index (χ2n) is 4.66. The summed E-state index contributed by atoms with van der Waals surface area (Å²) in [6, 6.07) is 12.5. The fourth-order valence-corrected chi connectivity index (χ4v) is 2.50. The summed E-state index contributed by atoms with van der Waals surface area (Å²) in [6.07, 6.45) is 1.40. The summed E-state index contributed by atoms with van der Waals surface area (Å²) in [7, 11) is 0. The van der Waals surface area contributed by atoms with Gasteiger partial charge in [-0.15, -0.1) is 5.10 Å². The highest BCUT2D eigenvalue weighted by Crippen LogP contribution is 2.21. The zero-order valence-corrected chi connectivity index (χ0v) is 13.3. The summed E-state index contributed by atoms with van der Waals surface area (Å²) >= 11 is 12.0. The summed E-state index contributed by atoms with van der Waals surface area (Å²) in [6.45, 7) is 0.00804. The summed E-state index contributed by atoms with van der Waals surface area (Å²) < 4.78 is 1.50. The van der Waals surface area contributed by atoms with Gasteiger partial charge in [-0.1, -0.05) is 46.6 Å². The number of para-hydroxylation sites is 1. The molecule has 116 valence electrons. The van der Waals surface area contributed by atoms with Crippen molar-refractivity contribution in [2.75, 3.05) is 0 Å². The van der Waals surface area contributed by atoms with Crippen LogP contribution in [0.1, 0.15) is 5.56 Å². The maximum absolute atomic E-state index is 11.9. The Kier molecular flexibility index (Phi) is 4.55. The van der Waals surface area contributed by atoms with Crippen molar-refractivity contribution < 1.29 is 4.79 Å². The van der Waals surface area contributed by atoms with Crippen LogP contribution in [0, 0.1) is 0 Å². The third kappa shape index (κ3) is 3.49. The fourth-order valence-electron chi connectivity index (χ4n) is 2.01. The first-order chi connectivity index (χ1) is 11.1. The van der Waals surface area contributed by atoms with Crippen LogP contribution in [0.2, 0.25) is 10.0 Å². The molecule has 8 heteroatoms. The van der Waals surface area contributed by atoms with Gasteiger partial charge in [0.1, 0.15) is 12.1 Å². The molecule has 1 N–H and O–H groups in total. The number of nitrogens with zero attached hydrogens (tertiary/aromatic N) is 4. The summed E-state index contributed by atoms with van der Waals surface area (Å²) in [5.74, 6) is -0.333. The predicted octanol–water partition coefficient (Wildman–Crippen LogP) is 2.89. The van der Waals surface area contributed by atoms with Crippen molar-refractivity contribution in [1.82, 2.24) is 20.4 Å². The maximum Gasteiger partial charge on any atom is 0.261 e. The molecule has 0 aliphatic rings. The van der Waals surface area contributed by atoms with Gasteiger partial charge in [0.15, 0.2) is 0 Å². The lowest BCUT2D eigenvalue weighted by Crippen LogP contribution is -2.23. The van der Waals surface area contributed by atoms with E-state index in [-0.39, 0.29) is 12.5 Å². The number of hydrazone groups is 1. The van der Waals surface area contributed by atoms with Crippen LogP contribution in [0.25, 0.3) is 11.0 Å². The van der Waals surface area contributed by atoms with Crippen molar-refractivity contribution in [3.05, 3.63) is 58.1 Å². The van der Waals surface area contributed by atoms with E-state index in [2.05, 4.69) is 20.8 Å². The first kappa shape index (κ1) is 15.5. The Morgan fingerprint density at radius 1 is 1.17 bits per heavy atom. The maximum atomic E-state index is 11.9. The number of rotatable bonds is 4. The third-order valence-electron chi connectivity index (χ3n) is 3.10. The molecule has 3 rings (SSSR count). The number of halogens is 2. The van der Waals surface area contributed by atoms with Gasteiger partial charge in [-0.2, -0.15) is 5.10 Å². The van der Waals surface area contributed by atoms with Gasteiger partial charge in [0.2, 0.25) is 0 Å². The van der Waals surface area contributed by atoms with Crippen LogP contribution in [-0.2, 0) is 11.3 Å². The number of carbonyl (C=O) groups excluding carboxylic acids is 1. The van der Waals surface area contributed by atoms with E-state index in [0.29, 0.717) is 15.6 Å². The minimum Gasteiger partial charge on any atom is -0.271 e. The molecule has 1 heterocycles. The molecule has 0 bridgehead atoms. The quantitative estimate of drug-likeness (QED) is 0.582. The highest BCUT2D eigenvalue weighted by Gasteiger charge is 2.08. The third-order valence-corrected chi connectivity index (χ3v) is 3.76. The molecule has 23 heavy (non-hydrogen) atoms. The number of aromatic nitrogens is 3. The Labute approximate surface area is 141 Å². The largest absolute Gasteiger partial charge is 0.271 e. The van der Waals surface area contributed by atoms with Crippen molar-refractivity contribution in [2.45, 2.75) is 6.54 Å². The number of hydrogen-bond donors (Lipinski definition) is 1. The van der Waals surface area contributed by atoms with Crippen LogP contribution >= 0.6 is 23.2 Å². The molecule has 1 amide bonds. The van der Waals surface area contributed by atoms with Crippen molar-refractivity contribution in [2.24, 2.45) is 5.10 Å². The second-order valence-corrected chi connectivity index (χ2v) is 5.48. The van der Waals surface area contributed by atoms with Gasteiger partial charge in [0.05, 0.1) is 21.8 Å². The average molecular weight is 348 g/mol. The fraction of sp³-hybridized carbons (Fsp3) is 0.0667. The van der Waals surface area contributed by atoms with E-state index in [4.69, 9.17) is 23.2 Å². The molecule has 0 fully saturated rings. The molecule has 2 aromatic carbocycles. The van der Waals surface area contributed by atoms with Crippen LogP contribution < -0.4 is 5.43 Å². The lowest BCUT2D eigenvalue weighted by molar-refractivity contribution is -0.121. The summed E-state index contributed by atoms with van der Waals surface area (Å²) in [5, 5.41) is 12.7. The Bertz CT molecular complexity index is 870. The molecule has 6 nitrogen and oxygen atoms in total. The van der Waals surface area contributed by atoms with Crippen molar-refractivity contribution >= 4 is 46.4 Å². The topological polar surface area (TPSA) is 72.2 Å². The average Bonchev–Trinajstić information content (AvgIpc) is 2.93. The Morgan fingerprint density at radius 2 is 1.91 bits per heavy atom. The number of amides is 1. The van der Waals surface area contributed by atoms with Gasteiger partial charge in [0, 0.05) is 5.56 Å². The Balaban J connectivity index is 1.67. The van der Waals surface area contributed by atoms with Crippen LogP contribution in [-0.4, -0.2) is 27.1 Å². The molecule has 3 aromatic rings. The van der Waals surface area contributed by atoms with E-state index >= 15 is 0 Å². The van der Waals surface area contributed by atoms with Crippen LogP contribution in [0.5, 0.6) is 0 Å². The first-order valence-corrected chi connectivity index (χ1v) is 7.45. The SMILES string of the molecule is O=C(Cn1nnc2ccccc21)NN=Cc1c(Cl)cccc1Cl. The van der Waals surface area contributed by atoms with Crippen LogP contribution in [0.3, 0.4) is 0 Å². The number of benzene rings is 2. The molecule has 0 aliphatic carbocycles. The number of carbonyl (C=O) groups is 1. The molecule has 0 atom stereocenters. The molecule has 0 saturated heterocycles. The van der Waals surface area contributed by atoms with E-state index < -0.39 is 0 Å². The predicted molar refractivity (Wildman–Crippen MR) is 89.7 cm³/mol. The Hall–Kier alpha value is -2.44. The van der Waals surface area contributed by atoms with Crippen LogP contribution in [0.4, 0.5) is 0 Å². The summed E-state index contributed by atoms with van der Waals surface area (Å²) in [4.78, 5) is 11.9. The molecule has 0 unspecified atom stereocenters. The van der Waals surface area contributed by atoms with E-state index in [1.54, 1.807) is 18.2 Å². The molecule has 0 spiro atoms. The van der Waals surface area contributed by atoms with Gasteiger partial charge >= 0.3 is 0 Å². The van der Waals surface area contributed by atoms with E-state index in [0.717, 1.165) is 11.0 Å². The minimum atomic E-state index is -0.333. The molecule has 0 radical (unpaired) electrons. The zero-order valence-electron chi connectivity index (χ0n) is 11.8. The number of fused-ring (bicyclic) bond motifs is 1. The lowest BCUT2D eigenvalue weighted by atomic mass is 10.2. The van der Waals surface area contributed by atoms with Gasteiger partial charge in [-0.25, -0.2) is 10.1 Å². The first-order valence-electron chi connectivity index (χ1n) is 6.69. The zero-order chi connectivity index (χ0) is 16.2. The number of hydrogen-bond acceptors (Lipinski definition) is 4. The van der Waals surface area contributed by atoms with E-state index in [9.17, 15) is 4.79 Å². The van der Waals surface area contributed by atoms with Gasteiger partial charge in [0.25, 0.3) is 5.91 Å². The second kappa shape index (κ2) is 6.76.